The van der Waals surface area contributed by atoms with Crippen molar-refractivity contribution in [2.45, 2.75) is 79.6 Å². The molecule has 0 bridgehead atoms. The Labute approximate surface area is 102 Å². The molecule has 0 aliphatic heterocycles. The van der Waals surface area contributed by atoms with Crippen molar-refractivity contribution < 1.29 is 4.79 Å². The Balaban J connectivity index is 3.38. The molecule has 16 heavy (non-hydrogen) atoms. The van der Waals surface area contributed by atoms with E-state index in [1.165, 1.54) is 32.1 Å². The number of hydrogen-bond acceptors (Lipinski definition) is 1. The van der Waals surface area contributed by atoms with Gasteiger partial charge in [0.2, 0.25) is 0 Å². The molecule has 0 saturated heterocycles. The predicted molar refractivity (Wildman–Crippen MR) is 71.6 cm³/mol. The zero-order chi connectivity index (χ0) is 12.6. The predicted octanol–water partition coefficient (Wildman–Crippen LogP) is 4.99. The van der Waals surface area contributed by atoms with Crippen LogP contribution in [0.3, 0.4) is 0 Å². The van der Waals surface area contributed by atoms with E-state index in [-0.39, 0.29) is 5.41 Å². The van der Waals surface area contributed by atoms with E-state index >= 15 is 0 Å². The second-order valence-corrected chi connectivity index (χ2v) is 6.14. The molecule has 0 N–H and O–H groups in total. The molecule has 1 nitrogen and oxygen atoms in total. The lowest BCUT2D eigenvalue weighted by atomic mass is 9.87. The number of carbonyl (C=O) groups is 1. The highest BCUT2D eigenvalue weighted by atomic mass is 16.1. The molecule has 0 amide bonds. The van der Waals surface area contributed by atoms with Crippen molar-refractivity contribution in [1.29, 1.82) is 0 Å². The van der Waals surface area contributed by atoms with Gasteiger partial charge in [-0.2, -0.15) is 0 Å². The van der Waals surface area contributed by atoms with Crippen molar-refractivity contribution in [3.8, 4) is 0 Å². The normalized spacial score (nSPS) is 13.8. The van der Waals surface area contributed by atoms with Crippen molar-refractivity contribution >= 4 is 5.78 Å². The zero-order valence-electron chi connectivity index (χ0n) is 11.9. The number of hydrogen-bond donors (Lipinski definition) is 0. The second-order valence-electron chi connectivity index (χ2n) is 6.14. The Bertz CT molecular complexity index is 188. The summed E-state index contributed by atoms with van der Waals surface area (Å²) in [6, 6.07) is 0. The first kappa shape index (κ1) is 15.7. The van der Waals surface area contributed by atoms with Crippen LogP contribution in [0.15, 0.2) is 0 Å². The molecular formula is C15H30O. The molecule has 1 heteroatoms. The maximum atomic E-state index is 11.7. The topological polar surface area (TPSA) is 17.1 Å². The molecule has 0 rings (SSSR count). The largest absolute Gasteiger partial charge is 0.299 e. The summed E-state index contributed by atoms with van der Waals surface area (Å²) in [6.45, 7) is 10.6. The summed E-state index contributed by atoms with van der Waals surface area (Å²) in [5, 5.41) is 0. The molecule has 0 aliphatic rings. The van der Waals surface area contributed by atoms with Crippen LogP contribution in [0, 0.1) is 11.3 Å². The minimum Gasteiger partial charge on any atom is -0.299 e. The van der Waals surface area contributed by atoms with Gasteiger partial charge in [-0.25, -0.2) is 0 Å². The first-order valence-electron chi connectivity index (χ1n) is 6.91. The van der Waals surface area contributed by atoms with Gasteiger partial charge in [-0.05, 0) is 12.3 Å². The molecule has 1 atom stereocenters. The van der Waals surface area contributed by atoms with Crippen LogP contribution in [0.2, 0.25) is 0 Å². The van der Waals surface area contributed by atoms with Gasteiger partial charge >= 0.3 is 0 Å². The molecule has 0 saturated carbocycles. The molecule has 0 aromatic heterocycles. The van der Waals surface area contributed by atoms with Gasteiger partial charge in [0.15, 0.2) is 0 Å². The van der Waals surface area contributed by atoms with Gasteiger partial charge in [0.05, 0.1) is 0 Å². The molecule has 0 aromatic rings. The molecule has 0 aromatic carbocycles. The number of carbonyl (C=O) groups excluding carboxylic acids is 1. The molecule has 0 heterocycles. The number of Topliss-reactive ketones (excluding diaryl/α,β-unsaturated/α-hetero) is 1. The van der Waals surface area contributed by atoms with Gasteiger partial charge in [0.1, 0.15) is 5.78 Å². The van der Waals surface area contributed by atoms with Gasteiger partial charge < -0.3 is 0 Å². The van der Waals surface area contributed by atoms with Crippen molar-refractivity contribution in [1.82, 2.24) is 0 Å². The van der Waals surface area contributed by atoms with Crippen molar-refractivity contribution in [3.05, 3.63) is 0 Å². The Kier molecular flexibility index (Phi) is 7.70. The van der Waals surface area contributed by atoms with Gasteiger partial charge in [0.25, 0.3) is 0 Å². The van der Waals surface area contributed by atoms with E-state index in [1.54, 1.807) is 0 Å². The Morgan fingerprint density at radius 1 is 1.06 bits per heavy atom. The molecular weight excluding hydrogens is 196 g/mol. The second kappa shape index (κ2) is 7.86. The van der Waals surface area contributed by atoms with E-state index in [9.17, 15) is 4.79 Å². The van der Waals surface area contributed by atoms with E-state index in [1.807, 2.05) is 20.8 Å². The van der Waals surface area contributed by atoms with Crippen molar-refractivity contribution in [2.75, 3.05) is 0 Å². The molecule has 0 fully saturated rings. The van der Waals surface area contributed by atoms with Crippen LogP contribution < -0.4 is 0 Å². The zero-order valence-corrected chi connectivity index (χ0v) is 11.9. The minimum atomic E-state index is -0.142. The fraction of sp³-hybridized carbons (Fsp3) is 0.933. The summed E-state index contributed by atoms with van der Waals surface area (Å²) < 4.78 is 0. The van der Waals surface area contributed by atoms with E-state index in [4.69, 9.17) is 0 Å². The van der Waals surface area contributed by atoms with Crippen LogP contribution in [0.25, 0.3) is 0 Å². The average Bonchev–Trinajstić information content (AvgIpc) is 2.20. The Morgan fingerprint density at radius 3 is 2.12 bits per heavy atom. The standard InChI is InChI=1S/C15H30O/c1-6-13(2)11-9-7-8-10-12-14(16)15(3,4)5/h13H,6-12H2,1-5H3. The minimum absolute atomic E-state index is 0.142. The number of unbranched alkanes of at least 4 members (excludes halogenated alkanes) is 3. The summed E-state index contributed by atoms with van der Waals surface area (Å²) in [6.07, 6.45) is 8.34. The highest BCUT2D eigenvalue weighted by Crippen LogP contribution is 2.19. The smallest absolute Gasteiger partial charge is 0.138 e. The van der Waals surface area contributed by atoms with Crippen LogP contribution in [-0.4, -0.2) is 5.78 Å². The van der Waals surface area contributed by atoms with Crippen molar-refractivity contribution in [2.24, 2.45) is 11.3 Å². The molecule has 0 radical (unpaired) electrons. The third kappa shape index (κ3) is 7.90. The first-order valence-corrected chi connectivity index (χ1v) is 6.91. The van der Waals surface area contributed by atoms with Gasteiger partial charge in [-0.3, -0.25) is 4.79 Å². The maximum absolute atomic E-state index is 11.7. The highest BCUT2D eigenvalue weighted by molar-refractivity contribution is 5.83. The molecule has 0 aliphatic carbocycles. The summed E-state index contributed by atoms with van der Waals surface area (Å²) in [7, 11) is 0. The number of rotatable bonds is 8. The SMILES string of the molecule is CCC(C)CCCCCCC(=O)C(C)(C)C. The fourth-order valence-electron chi connectivity index (χ4n) is 1.71. The third-order valence-corrected chi connectivity index (χ3v) is 3.38. The van der Waals surface area contributed by atoms with Crippen molar-refractivity contribution in [3.63, 3.8) is 0 Å². The summed E-state index contributed by atoms with van der Waals surface area (Å²) in [4.78, 5) is 11.7. The van der Waals surface area contributed by atoms with Gasteiger partial charge in [-0.15, -0.1) is 0 Å². The lowest BCUT2D eigenvalue weighted by Crippen LogP contribution is -2.19. The van der Waals surface area contributed by atoms with Gasteiger partial charge in [0, 0.05) is 11.8 Å². The van der Waals surface area contributed by atoms with Crippen LogP contribution in [0.4, 0.5) is 0 Å². The van der Waals surface area contributed by atoms with E-state index in [0.717, 1.165) is 18.8 Å². The molecule has 96 valence electrons. The maximum Gasteiger partial charge on any atom is 0.138 e. The quantitative estimate of drug-likeness (QED) is 0.533. The van der Waals surface area contributed by atoms with E-state index < -0.39 is 0 Å². The summed E-state index contributed by atoms with van der Waals surface area (Å²) in [5.74, 6) is 1.28. The third-order valence-electron chi connectivity index (χ3n) is 3.38. The van der Waals surface area contributed by atoms with Crippen LogP contribution in [0.1, 0.15) is 79.6 Å². The number of ketones is 1. The Hall–Kier alpha value is -0.330. The summed E-state index contributed by atoms with van der Waals surface area (Å²) >= 11 is 0. The lowest BCUT2D eigenvalue weighted by Gasteiger charge is -2.16. The van der Waals surface area contributed by atoms with Crippen LogP contribution in [0.5, 0.6) is 0 Å². The molecule has 0 spiro atoms. The van der Waals surface area contributed by atoms with Crippen LogP contribution >= 0.6 is 0 Å². The first-order chi connectivity index (χ1) is 7.38. The Morgan fingerprint density at radius 2 is 1.62 bits per heavy atom. The van der Waals surface area contributed by atoms with Gasteiger partial charge in [-0.1, -0.05) is 66.7 Å². The fourth-order valence-corrected chi connectivity index (χ4v) is 1.71. The monoisotopic (exact) mass is 226 g/mol. The molecule has 1 unspecified atom stereocenters. The van der Waals surface area contributed by atoms with E-state index in [0.29, 0.717) is 5.78 Å². The van der Waals surface area contributed by atoms with Crippen LogP contribution in [-0.2, 0) is 4.79 Å². The lowest BCUT2D eigenvalue weighted by molar-refractivity contribution is -0.126. The average molecular weight is 226 g/mol. The summed E-state index contributed by atoms with van der Waals surface area (Å²) in [5.41, 5.74) is -0.142. The highest BCUT2D eigenvalue weighted by Gasteiger charge is 2.19. The van der Waals surface area contributed by atoms with E-state index in [2.05, 4.69) is 13.8 Å².